The van der Waals surface area contributed by atoms with E-state index in [0.29, 0.717) is 5.56 Å². The van der Waals surface area contributed by atoms with Crippen LogP contribution in [0.3, 0.4) is 0 Å². The number of aliphatic hydroxyl groups is 1. The Hall–Kier alpha value is -1.69. The zero-order chi connectivity index (χ0) is 12.3. The highest BCUT2D eigenvalue weighted by molar-refractivity contribution is 5.45. The summed E-state index contributed by atoms with van der Waals surface area (Å²) in [5.41, 5.74) is 0.0221. The van der Waals surface area contributed by atoms with E-state index in [1.807, 2.05) is 0 Å². The van der Waals surface area contributed by atoms with Gasteiger partial charge in [-0.05, 0) is 19.9 Å². The molecule has 0 aliphatic rings. The largest absolute Gasteiger partial charge is 0.488 e. The number of aliphatic hydroxyl groups excluding tert-OH is 1. The molecule has 0 fully saturated rings. The zero-order valence-electron chi connectivity index (χ0n) is 8.94. The van der Waals surface area contributed by atoms with Crippen LogP contribution in [-0.4, -0.2) is 22.7 Å². The fourth-order valence-corrected chi connectivity index (χ4v) is 1.16. The summed E-state index contributed by atoms with van der Waals surface area (Å²) < 4.78 is 18.3. The quantitative estimate of drug-likeness (QED) is 0.631. The molecule has 0 aliphatic heterocycles. The van der Waals surface area contributed by atoms with Gasteiger partial charge in [-0.1, -0.05) is 0 Å². The van der Waals surface area contributed by atoms with Crippen molar-refractivity contribution in [3.05, 3.63) is 33.6 Å². The molecule has 0 heterocycles. The lowest BCUT2D eigenvalue weighted by molar-refractivity contribution is -0.385. The van der Waals surface area contributed by atoms with Gasteiger partial charge in [-0.25, -0.2) is 4.39 Å². The molecule has 5 nitrogen and oxygen atoms in total. The third-order valence-electron chi connectivity index (χ3n) is 1.93. The Bertz CT molecular complexity index is 406. The Morgan fingerprint density at radius 3 is 2.75 bits per heavy atom. The van der Waals surface area contributed by atoms with Crippen LogP contribution in [0.1, 0.15) is 12.5 Å². The van der Waals surface area contributed by atoms with Crippen LogP contribution in [0.25, 0.3) is 0 Å². The summed E-state index contributed by atoms with van der Waals surface area (Å²) in [4.78, 5) is 9.85. The Morgan fingerprint density at radius 1 is 1.62 bits per heavy atom. The molecule has 0 bridgehead atoms. The molecule has 1 atom stereocenters. The maximum absolute atomic E-state index is 13.3. The predicted molar refractivity (Wildman–Crippen MR) is 55.0 cm³/mol. The first-order chi connectivity index (χ1) is 7.41. The first kappa shape index (κ1) is 12.4. The van der Waals surface area contributed by atoms with E-state index >= 15 is 0 Å². The van der Waals surface area contributed by atoms with Gasteiger partial charge in [0.05, 0.1) is 17.1 Å². The fourth-order valence-electron chi connectivity index (χ4n) is 1.16. The Balaban J connectivity index is 2.96. The number of nitro benzene ring substituents is 1. The monoisotopic (exact) mass is 229 g/mol. The first-order valence-electron chi connectivity index (χ1n) is 4.67. The van der Waals surface area contributed by atoms with Gasteiger partial charge in [-0.3, -0.25) is 10.1 Å². The fraction of sp³-hybridized carbons (Fsp3) is 0.400. The number of nitro groups is 1. The highest BCUT2D eigenvalue weighted by Crippen LogP contribution is 2.26. The van der Waals surface area contributed by atoms with Gasteiger partial charge in [0.15, 0.2) is 11.6 Å². The van der Waals surface area contributed by atoms with Crippen LogP contribution >= 0.6 is 0 Å². The average Bonchev–Trinajstić information content (AvgIpc) is 2.18. The molecule has 1 rings (SSSR count). The van der Waals surface area contributed by atoms with Crippen LogP contribution in [0.4, 0.5) is 10.1 Å². The van der Waals surface area contributed by atoms with E-state index in [1.54, 1.807) is 0 Å². The molecule has 6 heteroatoms. The van der Waals surface area contributed by atoms with Crippen molar-refractivity contribution in [2.24, 2.45) is 0 Å². The van der Waals surface area contributed by atoms with Crippen molar-refractivity contribution in [1.82, 2.24) is 0 Å². The van der Waals surface area contributed by atoms with E-state index in [-0.39, 0.29) is 18.0 Å². The van der Waals surface area contributed by atoms with Crippen LogP contribution < -0.4 is 4.74 Å². The van der Waals surface area contributed by atoms with Crippen molar-refractivity contribution in [3.8, 4) is 5.75 Å². The van der Waals surface area contributed by atoms with Gasteiger partial charge in [0.1, 0.15) is 6.61 Å². The van der Waals surface area contributed by atoms with Crippen molar-refractivity contribution in [2.45, 2.75) is 20.0 Å². The summed E-state index contributed by atoms with van der Waals surface area (Å²) in [6.07, 6.45) is -0.727. The minimum Gasteiger partial charge on any atom is -0.488 e. The van der Waals surface area contributed by atoms with Crippen LogP contribution in [-0.2, 0) is 0 Å². The van der Waals surface area contributed by atoms with Crippen LogP contribution in [0.5, 0.6) is 5.75 Å². The zero-order valence-corrected chi connectivity index (χ0v) is 8.94. The molecule has 0 aromatic heterocycles. The topological polar surface area (TPSA) is 72.6 Å². The smallest absolute Gasteiger partial charge is 0.275 e. The second kappa shape index (κ2) is 4.89. The number of hydrogen-bond donors (Lipinski definition) is 1. The first-order valence-corrected chi connectivity index (χ1v) is 4.67. The van der Waals surface area contributed by atoms with E-state index in [2.05, 4.69) is 0 Å². The minimum atomic E-state index is -0.807. The lowest BCUT2D eigenvalue weighted by atomic mass is 10.2. The van der Waals surface area contributed by atoms with Gasteiger partial charge < -0.3 is 9.84 Å². The summed E-state index contributed by atoms with van der Waals surface area (Å²) in [5, 5.41) is 19.5. The Kier molecular flexibility index (Phi) is 3.78. The standard InChI is InChI=1S/C10H12FNO4/c1-6-3-10(16-5-7(2)13)8(11)4-9(6)12(14)15/h3-4,7,13H,5H2,1-2H3/t7-/m1/s1. The minimum absolute atomic E-state index is 0.0613. The Morgan fingerprint density at radius 2 is 2.25 bits per heavy atom. The van der Waals surface area contributed by atoms with Gasteiger partial charge in [0.2, 0.25) is 0 Å². The molecule has 1 aromatic rings. The van der Waals surface area contributed by atoms with Gasteiger partial charge in [0, 0.05) is 5.56 Å². The van der Waals surface area contributed by atoms with Crippen molar-refractivity contribution in [1.29, 1.82) is 0 Å². The summed E-state index contributed by atoms with van der Waals surface area (Å²) in [6.45, 7) is 2.93. The van der Waals surface area contributed by atoms with E-state index in [1.165, 1.54) is 19.9 Å². The molecule has 1 aromatic carbocycles. The second-order valence-corrected chi connectivity index (χ2v) is 3.49. The average molecular weight is 229 g/mol. The maximum atomic E-state index is 13.3. The summed E-state index contributed by atoms with van der Waals surface area (Å²) >= 11 is 0. The number of ether oxygens (including phenoxy) is 1. The third-order valence-corrected chi connectivity index (χ3v) is 1.93. The normalized spacial score (nSPS) is 12.2. The number of halogens is 1. The second-order valence-electron chi connectivity index (χ2n) is 3.49. The molecule has 0 amide bonds. The number of benzene rings is 1. The highest BCUT2D eigenvalue weighted by Gasteiger charge is 2.16. The van der Waals surface area contributed by atoms with Crippen molar-refractivity contribution < 1.29 is 19.2 Å². The molecule has 0 radical (unpaired) electrons. The van der Waals surface area contributed by atoms with Crippen LogP contribution in [0.2, 0.25) is 0 Å². The van der Waals surface area contributed by atoms with Gasteiger partial charge in [-0.15, -0.1) is 0 Å². The number of nitrogens with zero attached hydrogens (tertiary/aromatic N) is 1. The summed E-state index contributed by atoms with van der Waals surface area (Å²) in [6, 6.07) is 2.06. The van der Waals surface area contributed by atoms with Crippen LogP contribution in [0.15, 0.2) is 12.1 Å². The highest BCUT2D eigenvalue weighted by atomic mass is 19.1. The van der Waals surface area contributed by atoms with E-state index < -0.39 is 16.8 Å². The molecular weight excluding hydrogens is 217 g/mol. The molecular formula is C10H12FNO4. The number of aryl methyl sites for hydroxylation is 1. The van der Waals surface area contributed by atoms with Crippen molar-refractivity contribution >= 4 is 5.69 Å². The lowest BCUT2D eigenvalue weighted by Crippen LogP contribution is -2.13. The van der Waals surface area contributed by atoms with E-state index in [9.17, 15) is 14.5 Å². The molecule has 88 valence electrons. The molecule has 0 saturated heterocycles. The molecule has 1 N–H and O–H groups in total. The third kappa shape index (κ3) is 2.90. The molecule has 0 saturated carbocycles. The van der Waals surface area contributed by atoms with Gasteiger partial charge >= 0.3 is 0 Å². The van der Waals surface area contributed by atoms with Crippen LogP contribution in [0, 0.1) is 22.9 Å². The number of rotatable bonds is 4. The number of hydrogen-bond acceptors (Lipinski definition) is 4. The van der Waals surface area contributed by atoms with Gasteiger partial charge in [0.25, 0.3) is 5.69 Å². The maximum Gasteiger partial charge on any atom is 0.275 e. The SMILES string of the molecule is Cc1cc(OC[C@@H](C)O)c(F)cc1[N+](=O)[O-]. The molecule has 16 heavy (non-hydrogen) atoms. The Labute approximate surface area is 91.6 Å². The summed E-state index contributed by atoms with van der Waals surface area (Å²) in [7, 11) is 0. The molecule has 0 aliphatic carbocycles. The molecule has 0 unspecified atom stereocenters. The summed E-state index contributed by atoms with van der Waals surface area (Å²) in [5.74, 6) is -0.901. The lowest BCUT2D eigenvalue weighted by Gasteiger charge is -2.09. The van der Waals surface area contributed by atoms with Crippen molar-refractivity contribution in [3.63, 3.8) is 0 Å². The van der Waals surface area contributed by atoms with E-state index in [4.69, 9.17) is 9.84 Å². The molecule has 0 spiro atoms. The van der Waals surface area contributed by atoms with Gasteiger partial charge in [-0.2, -0.15) is 0 Å². The predicted octanol–water partition coefficient (Wildman–Crippen LogP) is 1.80. The van der Waals surface area contributed by atoms with E-state index in [0.717, 1.165) is 6.07 Å². The van der Waals surface area contributed by atoms with Crippen molar-refractivity contribution in [2.75, 3.05) is 6.61 Å².